The van der Waals surface area contributed by atoms with Crippen LogP contribution in [0.1, 0.15) is 37.8 Å². The third-order valence-corrected chi connectivity index (χ3v) is 4.30. The van der Waals surface area contributed by atoms with E-state index in [0.29, 0.717) is 18.7 Å². The van der Waals surface area contributed by atoms with Gasteiger partial charge in [-0.05, 0) is 31.0 Å². The van der Waals surface area contributed by atoms with Gasteiger partial charge >= 0.3 is 11.9 Å². The topological polar surface area (TPSA) is 84.1 Å². The number of benzene rings is 1. The van der Waals surface area contributed by atoms with Crippen LogP contribution < -0.4 is 21.9 Å². The normalized spacial score (nSPS) is 11.6. The third kappa shape index (κ3) is 4.72. The highest BCUT2D eigenvalue weighted by atomic mass is 19.4. The molecular formula is C18H23F3N4O2. The van der Waals surface area contributed by atoms with E-state index in [1.807, 2.05) is 6.92 Å². The number of H-pyrrole nitrogens is 1. The summed E-state index contributed by atoms with van der Waals surface area (Å²) in [7, 11) is 0. The Kier molecular flexibility index (Phi) is 6.35. The Hall–Kier alpha value is -2.71. The molecule has 0 aliphatic carbocycles. The summed E-state index contributed by atoms with van der Waals surface area (Å²) in [5.41, 5.74) is 4.91. The zero-order chi connectivity index (χ0) is 20.2. The van der Waals surface area contributed by atoms with Gasteiger partial charge in [0.05, 0.1) is 5.56 Å². The van der Waals surface area contributed by atoms with E-state index in [0.717, 1.165) is 25.0 Å². The van der Waals surface area contributed by atoms with Crippen LogP contribution in [0.3, 0.4) is 0 Å². The Bertz CT molecular complexity index is 885. The molecule has 0 aliphatic heterocycles. The van der Waals surface area contributed by atoms with E-state index < -0.39 is 23.0 Å². The highest BCUT2D eigenvalue weighted by Gasteiger charge is 2.30. The molecule has 0 radical (unpaired) electrons. The van der Waals surface area contributed by atoms with Gasteiger partial charge in [0.25, 0.3) is 5.56 Å². The zero-order valence-electron chi connectivity index (χ0n) is 15.3. The molecule has 27 heavy (non-hydrogen) atoms. The van der Waals surface area contributed by atoms with Crippen LogP contribution in [0.2, 0.25) is 0 Å². The monoisotopic (exact) mass is 384 g/mol. The predicted molar refractivity (Wildman–Crippen MR) is 98.8 cm³/mol. The first-order valence-corrected chi connectivity index (χ1v) is 8.72. The van der Waals surface area contributed by atoms with E-state index in [-0.39, 0.29) is 18.1 Å². The molecule has 0 saturated carbocycles. The number of anilines is 2. The molecule has 0 aliphatic rings. The van der Waals surface area contributed by atoms with Gasteiger partial charge in [-0.3, -0.25) is 14.3 Å². The molecule has 148 valence electrons. The molecule has 9 heteroatoms. The second kappa shape index (κ2) is 8.32. The summed E-state index contributed by atoms with van der Waals surface area (Å²) in [6.45, 7) is 4.72. The molecule has 2 aromatic rings. The van der Waals surface area contributed by atoms with Gasteiger partial charge in [-0.15, -0.1) is 0 Å². The van der Waals surface area contributed by atoms with Crippen molar-refractivity contribution in [2.75, 3.05) is 17.2 Å². The molecule has 1 aromatic heterocycles. The van der Waals surface area contributed by atoms with Gasteiger partial charge in [-0.2, -0.15) is 13.2 Å². The van der Waals surface area contributed by atoms with E-state index in [1.165, 1.54) is 16.7 Å². The van der Waals surface area contributed by atoms with Crippen LogP contribution in [-0.2, 0) is 19.3 Å². The SMILES string of the molecule is CCCCn1c(N)c(N(CC)Cc2ccc(C(F)(F)F)cc2)c(=O)[nH]c1=O. The van der Waals surface area contributed by atoms with Crippen LogP contribution in [0.5, 0.6) is 0 Å². The number of unbranched alkanes of at least 4 members (excludes halogenated alkanes) is 1. The fourth-order valence-corrected chi connectivity index (χ4v) is 2.79. The predicted octanol–water partition coefficient (Wildman–Crippen LogP) is 2.96. The maximum atomic E-state index is 12.7. The molecule has 1 heterocycles. The molecule has 0 saturated heterocycles. The van der Waals surface area contributed by atoms with Crippen LogP contribution in [0.4, 0.5) is 24.7 Å². The highest BCUT2D eigenvalue weighted by Crippen LogP contribution is 2.29. The molecule has 3 N–H and O–H groups in total. The van der Waals surface area contributed by atoms with Crippen molar-refractivity contribution in [3.63, 3.8) is 0 Å². The molecule has 0 amide bonds. The van der Waals surface area contributed by atoms with E-state index in [1.54, 1.807) is 11.8 Å². The van der Waals surface area contributed by atoms with E-state index in [2.05, 4.69) is 4.98 Å². The van der Waals surface area contributed by atoms with Gasteiger partial charge in [-0.1, -0.05) is 25.5 Å². The minimum absolute atomic E-state index is 0.0611. The largest absolute Gasteiger partial charge is 0.416 e. The van der Waals surface area contributed by atoms with Crippen molar-refractivity contribution in [2.45, 2.75) is 46.0 Å². The minimum Gasteiger partial charge on any atom is -0.383 e. The molecule has 0 spiro atoms. The number of alkyl halides is 3. The Balaban J connectivity index is 2.37. The molecule has 2 rings (SSSR count). The summed E-state index contributed by atoms with van der Waals surface area (Å²) >= 11 is 0. The lowest BCUT2D eigenvalue weighted by Gasteiger charge is -2.25. The summed E-state index contributed by atoms with van der Waals surface area (Å²) < 4.78 is 39.4. The summed E-state index contributed by atoms with van der Waals surface area (Å²) in [6, 6.07) is 4.73. The number of rotatable bonds is 7. The first kappa shape index (κ1) is 20.6. The number of hydrogen-bond donors (Lipinski definition) is 2. The lowest BCUT2D eigenvalue weighted by Crippen LogP contribution is -2.38. The number of nitrogens with two attached hydrogens (primary N) is 1. The fraction of sp³-hybridized carbons (Fsp3) is 0.444. The molecule has 0 unspecified atom stereocenters. The average molecular weight is 384 g/mol. The van der Waals surface area contributed by atoms with Crippen LogP contribution >= 0.6 is 0 Å². The summed E-state index contributed by atoms with van der Waals surface area (Å²) in [4.78, 5) is 28.3. The molecule has 1 aromatic carbocycles. The second-order valence-corrected chi connectivity index (χ2v) is 6.21. The minimum atomic E-state index is -4.40. The zero-order valence-corrected chi connectivity index (χ0v) is 15.3. The van der Waals surface area contributed by atoms with Crippen LogP contribution in [0, 0.1) is 0 Å². The van der Waals surface area contributed by atoms with Crippen molar-refractivity contribution < 1.29 is 13.2 Å². The number of halogens is 3. The maximum absolute atomic E-state index is 12.7. The molecule has 0 fully saturated rings. The smallest absolute Gasteiger partial charge is 0.383 e. The van der Waals surface area contributed by atoms with Gasteiger partial charge < -0.3 is 10.6 Å². The van der Waals surface area contributed by atoms with Gasteiger partial charge in [0.2, 0.25) is 0 Å². The van der Waals surface area contributed by atoms with E-state index in [9.17, 15) is 22.8 Å². The third-order valence-electron chi connectivity index (χ3n) is 4.30. The lowest BCUT2D eigenvalue weighted by atomic mass is 10.1. The quantitative estimate of drug-likeness (QED) is 0.769. The van der Waals surface area contributed by atoms with Crippen LogP contribution in [0.25, 0.3) is 0 Å². The summed E-state index contributed by atoms with van der Waals surface area (Å²) in [5, 5.41) is 0. The fourth-order valence-electron chi connectivity index (χ4n) is 2.79. The van der Waals surface area contributed by atoms with Gasteiger partial charge in [0, 0.05) is 19.6 Å². The molecule has 0 atom stereocenters. The molecular weight excluding hydrogens is 361 g/mol. The Morgan fingerprint density at radius 3 is 2.30 bits per heavy atom. The Morgan fingerprint density at radius 2 is 1.78 bits per heavy atom. The number of aromatic amines is 1. The Labute approximate surface area is 154 Å². The standard InChI is InChI=1S/C18H23F3N4O2/c1-3-5-10-25-15(22)14(16(26)23-17(25)27)24(4-2)11-12-6-8-13(9-7-12)18(19,20)21/h6-9H,3-5,10-11,22H2,1-2H3,(H,23,26,27). The summed E-state index contributed by atoms with van der Waals surface area (Å²) in [5.74, 6) is 0.0611. The molecule has 6 nitrogen and oxygen atoms in total. The summed E-state index contributed by atoms with van der Waals surface area (Å²) in [6.07, 6.45) is -2.83. The van der Waals surface area contributed by atoms with Gasteiger partial charge in [-0.25, -0.2) is 4.79 Å². The van der Waals surface area contributed by atoms with Gasteiger partial charge in [0.15, 0.2) is 0 Å². The van der Waals surface area contributed by atoms with Crippen molar-refractivity contribution in [3.05, 3.63) is 56.2 Å². The average Bonchev–Trinajstić information content (AvgIpc) is 2.60. The van der Waals surface area contributed by atoms with E-state index >= 15 is 0 Å². The molecule has 0 bridgehead atoms. The van der Waals surface area contributed by atoms with Crippen molar-refractivity contribution in [2.24, 2.45) is 0 Å². The number of hydrogen-bond acceptors (Lipinski definition) is 4. The van der Waals surface area contributed by atoms with Crippen LogP contribution in [-0.4, -0.2) is 16.1 Å². The first-order valence-electron chi connectivity index (χ1n) is 8.72. The Morgan fingerprint density at radius 1 is 1.15 bits per heavy atom. The van der Waals surface area contributed by atoms with E-state index in [4.69, 9.17) is 5.73 Å². The van der Waals surface area contributed by atoms with Crippen molar-refractivity contribution in [1.82, 2.24) is 9.55 Å². The van der Waals surface area contributed by atoms with Crippen molar-refractivity contribution >= 4 is 11.5 Å². The van der Waals surface area contributed by atoms with Crippen molar-refractivity contribution in [3.8, 4) is 0 Å². The van der Waals surface area contributed by atoms with Gasteiger partial charge in [0.1, 0.15) is 11.5 Å². The van der Waals surface area contributed by atoms with Crippen LogP contribution in [0.15, 0.2) is 33.9 Å². The highest BCUT2D eigenvalue weighted by molar-refractivity contribution is 5.62. The number of nitrogens with zero attached hydrogens (tertiary/aromatic N) is 2. The number of nitrogens with one attached hydrogen (secondary N) is 1. The maximum Gasteiger partial charge on any atom is 0.416 e. The lowest BCUT2D eigenvalue weighted by molar-refractivity contribution is -0.137. The number of aromatic nitrogens is 2. The second-order valence-electron chi connectivity index (χ2n) is 6.21. The van der Waals surface area contributed by atoms with Crippen molar-refractivity contribution in [1.29, 1.82) is 0 Å². The first-order chi connectivity index (χ1) is 12.7. The number of nitrogen functional groups attached to an aromatic ring is 1.